The summed E-state index contributed by atoms with van der Waals surface area (Å²) in [5, 5.41) is 5.66. The molecule has 0 fully saturated rings. The number of hydrogen-bond donors (Lipinski definition) is 2. The molecule has 0 unspecified atom stereocenters. The van der Waals surface area contributed by atoms with E-state index in [9.17, 15) is 9.59 Å². The molecule has 2 N–H and O–H groups in total. The van der Waals surface area contributed by atoms with E-state index in [-0.39, 0.29) is 17.9 Å². The van der Waals surface area contributed by atoms with Crippen molar-refractivity contribution in [3.63, 3.8) is 0 Å². The van der Waals surface area contributed by atoms with Crippen LogP contribution < -0.4 is 10.6 Å². The predicted octanol–water partition coefficient (Wildman–Crippen LogP) is 3.62. The average molecular weight is 376 g/mol. The maximum atomic E-state index is 12.3. The maximum absolute atomic E-state index is 12.3. The molecule has 1 atom stereocenters. The molecule has 0 spiro atoms. The first kappa shape index (κ1) is 17.1. The van der Waals surface area contributed by atoms with Gasteiger partial charge in [0, 0.05) is 22.9 Å². The number of anilines is 1. The van der Waals surface area contributed by atoms with Gasteiger partial charge >= 0.3 is 0 Å². The first-order valence-corrected chi connectivity index (χ1v) is 8.12. The molecule has 0 bridgehead atoms. The molecule has 0 aliphatic heterocycles. The molecule has 2 aromatic rings. The number of nitrogens with one attached hydrogen (secondary N) is 2. The fourth-order valence-corrected chi connectivity index (χ4v) is 2.29. The van der Waals surface area contributed by atoms with Crippen molar-refractivity contribution in [2.24, 2.45) is 0 Å². The van der Waals surface area contributed by atoms with Crippen LogP contribution in [0.4, 0.5) is 5.69 Å². The van der Waals surface area contributed by atoms with Gasteiger partial charge in [0.2, 0.25) is 0 Å². The normalized spacial score (nSPS) is 11.6. The van der Waals surface area contributed by atoms with Gasteiger partial charge in [0.05, 0.1) is 16.8 Å². The molecular weight excluding hydrogens is 358 g/mol. The van der Waals surface area contributed by atoms with Crippen LogP contribution in [0.25, 0.3) is 0 Å². The SMILES string of the molecule is CC[C@@H](C)NC(=O)c1ccccc1NC(=O)c1cncc(Br)c1. The highest BCUT2D eigenvalue weighted by Gasteiger charge is 2.15. The highest BCUT2D eigenvalue weighted by Crippen LogP contribution is 2.17. The summed E-state index contributed by atoms with van der Waals surface area (Å²) in [6, 6.07) is 8.67. The molecular formula is C17H18BrN3O2. The maximum Gasteiger partial charge on any atom is 0.257 e. The van der Waals surface area contributed by atoms with Gasteiger partial charge in [0.15, 0.2) is 0 Å². The molecule has 0 saturated carbocycles. The third kappa shape index (κ3) is 4.63. The van der Waals surface area contributed by atoms with Crippen molar-refractivity contribution in [1.82, 2.24) is 10.3 Å². The molecule has 1 aromatic carbocycles. The second kappa shape index (κ2) is 7.87. The minimum atomic E-state index is -0.317. The lowest BCUT2D eigenvalue weighted by atomic mass is 10.1. The second-order valence-electron chi connectivity index (χ2n) is 5.17. The molecule has 23 heavy (non-hydrogen) atoms. The topological polar surface area (TPSA) is 71.1 Å². The van der Waals surface area contributed by atoms with Crippen LogP contribution in [0.1, 0.15) is 41.0 Å². The third-order valence-electron chi connectivity index (χ3n) is 3.38. The molecule has 0 saturated heterocycles. The van der Waals surface area contributed by atoms with Crippen LogP contribution in [-0.4, -0.2) is 22.8 Å². The summed E-state index contributed by atoms with van der Waals surface area (Å²) in [6.45, 7) is 3.94. The van der Waals surface area contributed by atoms with Crippen molar-refractivity contribution in [2.75, 3.05) is 5.32 Å². The van der Waals surface area contributed by atoms with E-state index in [1.807, 2.05) is 13.8 Å². The number of halogens is 1. The largest absolute Gasteiger partial charge is 0.350 e. The van der Waals surface area contributed by atoms with Crippen molar-refractivity contribution in [3.05, 3.63) is 58.3 Å². The molecule has 1 aromatic heterocycles. The fraction of sp³-hybridized carbons (Fsp3) is 0.235. The molecule has 1 heterocycles. The Kier molecular flexibility index (Phi) is 5.87. The number of carbonyl (C=O) groups excluding carboxylic acids is 2. The molecule has 0 aliphatic rings. The van der Waals surface area contributed by atoms with E-state index in [1.165, 1.54) is 6.20 Å². The average Bonchev–Trinajstić information content (AvgIpc) is 2.55. The summed E-state index contributed by atoms with van der Waals surface area (Å²) >= 11 is 3.28. The highest BCUT2D eigenvalue weighted by atomic mass is 79.9. The van der Waals surface area contributed by atoms with Gasteiger partial charge in [-0.25, -0.2) is 0 Å². The van der Waals surface area contributed by atoms with E-state index in [4.69, 9.17) is 0 Å². The molecule has 120 valence electrons. The van der Waals surface area contributed by atoms with E-state index in [2.05, 4.69) is 31.5 Å². The van der Waals surface area contributed by atoms with Crippen molar-refractivity contribution in [3.8, 4) is 0 Å². The summed E-state index contributed by atoms with van der Waals surface area (Å²) in [5.74, 6) is -0.523. The summed E-state index contributed by atoms with van der Waals surface area (Å²) in [7, 11) is 0. The Bertz CT molecular complexity index is 718. The van der Waals surface area contributed by atoms with Crippen molar-refractivity contribution in [2.45, 2.75) is 26.3 Å². The number of amides is 2. The van der Waals surface area contributed by atoms with Gasteiger partial charge in [-0.05, 0) is 47.5 Å². The Morgan fingerprint density at radius 3 is 2.65 bits per heavy atom. The predicted molar refractivity (Wildman–Crippen MR) is 93.6 cm³/mol. The zero-order valence-electron chi connectivity index (χ0n) is 13.0. The van der Waals surface area contributed by atoms with Crippen LogP contribution >= 0.6 is 15.9 Å². The first-order valence-electron chi connectivity index (χ1n) is 7.33. The minimum absolute atomic E-state index is 0.0699. The van der Waals surface area contributed by atoms with Gasteiger partial charge in [-0.1, -0.05) is 19.1 Å². The zero-order valence-corrected chi connectivity index (χ0v) is 14.6. The number of rotatable bonds is 5. The Hall–Kier alpha value is -2.21. The van der Waals surface area contributed by atoms with Crippen LogP contribution in [0.5, 0.6) is 0 Å². The van der Waals surface area contributed by atoms with E-state index in [0.29, 0.717) is 21.3 Å². The van der Waals surface area contributed by atoms with Gasteiger partial charge in [-0.3, -0.25) is 14.6 Å². The van der Waals surface area contributed by atoms with Gasteiger partial charge in [0.25, 0.3) is 11.8 Å². The van der Waals surface area contributed by atoms with Gasteiger partial charge < -0.3 is 10.6 Å². The Balaban J connectivity index is 2.20. The standard InChI is InChI=1S/C17H18BrN3O2/c1-3-11(2)20-17(23)14-6-4-5-7-15(14)21-16(22)12-8-13(18)10-19-9-12/h4-11H,3H2,1-2H3,(H,20,23)(H,21,22)/t11-/m1/s1. The van der Waals surface area contributed by atoms with E-state index >= 15 is 0 Å². The fourth-order valence-electron chi connectivity index (χ4n) is 1.92. The zero-order chi connectivity index (χ0) is 16.8. The van der Waals surface area contributed by atoms with Gasteiger partial charge in [0.1, 0.15) is 0 Å². The van der Waals surface area contributed by atoms with E-state index in [1.54, 1.807) is 36.5 Å². The Morgan fingerprint density at radius 1 is 1.22 bits per heavy atom. The number of aromatic nitrogens is 1. The number of para-hydroxylation sites is 1. The lowest BCUT2D eigenvalue weighted by Crippen LogP contribution is -2.32. The first-order chi connectivity index (χ1) is 11.0. The van der Waals surface area contributed by atoms with Crippen molar-refractivity contribution >= 4 is 33.4 Å². The van der Waals surface area contributed by atoms with Crippen LogP contribution in [-0.2, 0) is 0 Å². The van der Waals surface area contributed by atoms with Crippen molar-refractivity contribution in [1.29, 1.82) is 0 Å². The van der Waals surface area contributed by atoms with Crippen LogP contribution in [0, 0.1) is 0 Å². The Labute approximate surface area is 143 Å². The number of nitrogens with zero attached hydrogens (tertiary/aromatic N) is 1. The number of carbonyl (C=O) groups is 2. The summed E-state index contributed by atoms with van der Waals surface area (Å²) in [5.41, 5.74) is 1.32. The summed E-state index contributed by atoms with van der Waals surface area (Å²) < 4.78 is 0.716. The lowest BCUT2D eigenvalue weighted by Gasteiger charge is -2.14. The minimum Gasteiger partial charge on any atom is -0.350 e. The van der Waals surface area contributed by atoms with E-state index in [0.717, 1.165) is 6.42 Å². The molecule has 5 nitrogen and oxygen atoms in total. The van der Waals surface area contributed by atoms with Gasteiger partial charge in [-0.2, -0.15) is 0 Å². The number of hydrogen-bond acceptors (Lipinski definition) is 3. The van der Waals surface area contributed by atoms with Crippen LogP contribution in [0.15, 0.2) is 47.2 Å². The monoisotopic (exact) mass is 375 g/mol. The smallest absolute Gasteiger partial charge is 0.257 e. The van der Waals surface area contributed by atoms with Crippen LogP contribution in [0.3, 0.4) is 0 Å². The molecule has 6 heteroatoms. The molecule has 2 amide bonds. The van der Waals surface area contributed by atoms with Crippen LogP contribution in [0.2, 0.25) is 0 Å². The highest BCUT2D eigenvalue weighted by molar-refractivity contribution is 9.10. The number of pyridine rings is 1. The quantitative estimate of drug-likeness (QED) is 0.837. The second-order valence-corrected chi connectivity index (χ2v) is 6.09. The Morgan fingerprint density at radius 2 is 1.96 bits per heavy atom. The molecule has 2 rings (SSSR count). The summed E-state index contributed by atoms with van der Waals surface area (Å²) in [6.07, 6.45) is 3.91. The lowest BCUT2D eigenvalue weighted by molar-refractivity contribution is 0.0940. The molecule has 0 radical (unpaired) electrons. The number of benzene rings is 1. The molecule has 0 aliphatic carbocycles. The van der Waals surface area contributed by atoms with Crippen molar-refractivity contribution < 1.29 is 9.59 Å². The van der Waals surface area contributed by atoms with Gasteiger partial charge in [-0.15, -0.1) is 0 Å². The summed E-state index contributed by atoms with van der Waals surface area (Å²) in [4.78, 5) is 28.6. The van der Waals surface area contributed by atoms with E-state index < -0.39 is 0 Å². The third-order valence-corrected chi connectivity index (χ3v) is 3.81.